The maximum Gasteiger partial charge on any atom is 0.142 e. The van der Waals surface area contributed by atoms with E-state index in [1.54, 1.807) is 0 Å². The molecule has 1 aliphatic heterocycles. The Balaban J connectivity index is 1.12. The first-order chi connectivity index (χ1) is 34.5. The Labute approximate surface area is 419 Å². The molecular weight excluding hydrogens is 892 g/mol. The van der Waals surface area contributed by atoms with Crippen LogP contribution in [0.2, 0.25) is 10.0 Å². The molecule has 2 N–H and O–H groups in total. The van der Waals surface area contributed by atoms with Gasteiger partial charge in [0.05, 0.1) is 5.54 Å². The maximum atomic E-state index is 7.09. The molecule has 0 saturated carbocycles. The molecule has 0 bridgehead atoms. The second-order valence-electron chi connectivity index (χ2n) is 18.1. The number of rotatable bonds is 9. The number of hydrogen-bond donors (Lipinski definition) is 2. The van der Waals surface area contributed by atoms with E-state index in [1.165, 1.54) is 0 Å². The molecule has 12 rings (SSSR count). The zero-order chi connectivity index (χ0) is 47.1. The smallest absolute Gasteiger partial charge is 0.142 e. The van der Waals surface area contributed by atoms with Gasteiger partial charge in [-0.3, -0.25) is 5.32 Å². The zero-order valence-corrected chi connectivity index (χ0v) is 39.7. The van der Waals surface area contributed by atoms with Crippen LogP contribution in [0.4, 0.5) is 0 Å². The normalized spacial score (nSPS) is 16.7. The second-order valence-corrected chi connectivity index (χ2v) is 18.9. The lowest BCUT2D eigenvalue weighted by Gasteiger charge is -2.50. The molecule has 1 heterocycles. The highest BCUT2D eigenvalue weighted by atomic mass is 35.5. The first-order valence-electron chi connectivity index (χ1n) is 23.7. The first-order valence-corrected chi connectivity index (χ1v) is 24.5. The van der Waals surface area contributed by atoms with Crippen LogP contribution in [0.1, 0.15) is 27.8 Å². The molecule has 0 amide bonds. The molecule has 4 heteroatoms. The minimum atomic E-state index is -0.978. The van der Waals surface area contributed by atoms with Crippen LogP contribution in [0, 0.1) is 0 Å². The quantitative estimate of drug-likeness (QED) is 0.151. The Morgan fingerprint density at radius 3 is 1.29 bits per heavy atom. The number of nitrogens with one attached hydrogen (secondary N) is 2. The van der Waals surface area contributed by atoms with Crippen molar-refractivity contribution < 1.29 is 0 Å². The predicted molar refractivity (Wildman–Crippen MR) is 295 cm³/mol. The van der Waals surface area contributed by atoms with Gasteiger partial charge in [0, 0.05) is 26.9 Å². The van der Waals surface area contributed by atoms with Crippen LogP contribution in [0.25, 0.3) is 71.7 Å². The van der Waals surface area contributed by atoms with Crippen molar-refractivity contribution in [1.82, 2.24) is 10.6 Å². The van der Waals surface area contributed by atoms with Gasteiger partial charge in [0.15, 0.2) is 0 Å². The van der Waals surface area contributed by atoms with Gasteiger partial charge < -0.3 is 5.32 Å². The van der Waals surface area contributed by atoms with Crippen molar-refractivity contribution in [1.29, 1.82) is 0 Å². The molecule has 0 saturated heterocycles. The van der Waals surface area contributed by atoms with Gasteiger partial charge in [-0.2, -0.15) is 0 Å². The molecule has 2 atom stereocenters. The Kier molecular flexibility index (Phi) is 11.2. The van der Waals surface area contributed by atoms with Gasteiger partial charge in [0.25, 0.3) is 0 Å². The van der Waals surface area contributed by atoms with E-state index in [0.29, 0.717) is 5.02 Å². The summed E-state index contributed by atoms with van der Waals surface area (Å²) < 4.78 is 0. The molecule has 0 aliphatic carbocycles. The molecular formula is C66H46Cl2N2. The van der Waals surface area contributed by atoms with Crippen molar-refractivity contribution in [3.63, 3.8) is 0 Å². The van der Waals surface area contributed by atoms with Crippen molar-refractivity contribution in [2.75, 3.05) is 0 Å². The van der Waals surface area contributed by atoms with Crippen molar-refractivity contribution in [2.45, 2.75) is 11.2 Å². The fraction of sp³-hybridized carbons (Fsp3) is 0.0303. The van der Waals surface area contributed by atoms with Crippen molar-refractivity contribution >= 4 is 50.4 Å². The van der Waals surface area contributed by atoms with E-state index in [1.807, 2.05) is 12.1 Å². The van der Waals surface area contributed by atoms with E-state index in [0.717, 1.165) is 105 Å². The Morgan fingerprint density at radius 1 is 0.300 bits per heavy atom. The van der Waals surface area contributed by atoms with Gasteiger partial charge in [0.2, 0.25) is 0 Å². The first kappa shape index (κ1) is 43.3. The van der Waals surface area contributed by atoms with Crippen molar-refractivity contribution in [3.8, 4) is 44.5 Å². The van der Waals surface area contributed by atoms with Gasteiger partial charge in [-0.05, 0) is 113 Å². The molecule has 11 aromatic rings. The molecule has 0 aromatic heterocycles. The van der Waals surface area contributed by atoms with Crippen LogP contribution in [-0.4, -0.2) is 0 Å². The third-order valence-electron chi connectivity index (χ3n) is 14.0. The number of halogens is 2. The standard InChI is InChI=1S/C66H46Cl2N2/c67-60-40-36-47-20-10-12-28-58(47)63(60)50-32-30-49(31-33-50)62-44-65(56-26-14-22-52(42-56)45-16-4-1-5-17-45,54-38-34-51(35-39-54)64-59-29-13-11-21-48(59)37-41-61(64)68)70-66(69-62,55-24-8-3-9-25-55)57-27-15-23-53(43-57)46-18-6-2-7-19-46/h1-44,69-70H. The molecule has 0 spiro atoms. The Bertz CT molecular complexity index is 3720. The van der Waals surface area contributed by atoms with Gasteiger partial charge in [0.1, 0.15) is 5.66 Å². The third kappa shape index (κ3) is 7.77. The summed E-state index contributed by atoms with van der Waals surface area (Å²) in [6.45, 7) is 0. The van der Waals surface area contributed by atoms with Crippen LogP contribution in [0.3, 0.4) is 0 Å². The summed E-state index contributed by atoms with van der Waals surface area (Å²) >= 11 is 14.1. The van der Waals surface area contributed by atoms with Gasteiger partial charge >= 0.3 is 0 Å². The summed E-state index contributed by atoms with van der Waals surface area (Å²) in [7, 11) is 0. The molecule has 70 heavy (non-hydrogen) atoms. The van der Waals surface area contributed by atoms with Crippen LogP contribution >= 0.6 is 23.2 Å². The van der Waals surface area contributed by atoms with Crippen LogP contribution < -0.4 is 10.6 Å². The zero-order valence-electron chi connectivity index (χ0n) is 38.2. The van der Waals surface area contributed by atoms with Crippen molar-refractivity contribution in [2.24, 2.45) is 0 Å². The Hall–Kier alpha value is -7.98. The van der Waals surface area contributed by atoms with Gasteiger partial charge in [-0.1, -0.05) is 260 Å². The summed E-state index contributed by atoms with van der Waals surface area (Å²) in [5.41, 5.74) is 13.0. The monoisotopic (exact) mass is 936 g/mol. The van der Waals surface area contributed by atoms with E-state index >= 15 is 0 Å². The summed E-state index contributed by atoms with van der Waals surface area (Å²) in [4.78, 5) is 0. The lowest BCUT2D eigenvalue weighted by Crippen LogP contribution is -2.64. The van der Waals surface area contributed by atoms with Gasteiger partial charge in [-0.25, -0.2) is 0 Å². The van der Waals surface area contributed by atoms with Crippen LogP contribution in [0.15, 0.2) is 267 Å². The number of hydrogen-bond acceptors (Lipinski definition) is 2. The number of benzene rings is 11. The molecule has 2 nitrogen and oxygen atoms in total. The summed E-state index contributed by atoms with van der Waals surface area (Å²) in [6, 6.07) is 92.9. The minimum Gasteiger partial charge on any atom is -0.359 e. The maximum absolute atomic E-state index is 7.09. The van der Waals surface area contributed by atoms with E-state index < -0.39 is 11.2 Å². The van der Waals surface area contributed by atoms with E-state index in [-0.39, 0.29) is 0 Å². The second kappa shape index (κ2) is 18.2. The summed E-state index contributed by atoms with van der Waals surface area (Å²) in [5, 5.41) is 14.6. The number of fused-ring (bicyclic) bond motifs is 2. The average Bonchev–Trinajstić information content (AvgIpc) is 3.44. The molecule has 1 aliphatic rings. The van der Waals surface area contributed by atoms with E-state index in [9.17, 15) is 0 Å². The average molecular weight is 938 g/mol. The molecule has 11 aromatic carbocycles. The van der Waals surface area contributed by atoms with Gasteiger partial charge in [-0.15, -0.1) is 0 Å². The predicted octanol–water partition coefficient (Wildman–Crippen LogP) is 17.3. The lowest BCUT2D eigenvalue weighted by atomic mass is 9.74. The summed E-state index contributed by atoms with van der Waals surface area (Å²) in [6.07, 6.45) is 2.39. The molecule has 334 valence electrons. The SMILES string of the molecule is Clc1ccc2ccccc2c1-c1ccc(C2=CC(c3ccc(-c4c(Cl)ccc5ccccc45)cc3)(c3cccc(-c4ccccc4)c3)NC(c3ccccc3)(c3cccc(-c4ccccc4)c3)N2)cc1. The third-order valence-corrected chi connectivity index (χ3v) is 14.6. The lowest BCUT2D eigenvalue weighted by molar-refractivity contribution is 0.274. The van der Waals surface area contributed by atoms with Crippen molar-refractivity contribution in [3.05, 3.63) is 305 Å². The fourth-order valence-corrected chi connectivity index (χ4v) is 11.1. The molecule has 0 radical (unpaired) electrons. The highest BCUT2D eigenvalue weighted by Gasteiger charge is 2.48. The van der Waals surface area contributed by atoms with E-state index in [2.05, 4.69) is 265 Å². The Morgan fingerprint density at radius 2 is 0.729 bits per heavy atom. The largest absolute Gasteiger partial charge is 0.359 e. The fourth-order valence-electron chi connectivity index (χ4n) is 10.5. The molecule has 2 unspecified atom stereocenters. The highest BCUT2D eigenvalue weighted by molar-refractivity contribution is 6.35. The topological polar surface area (TPSA) is 24.1 Å². The van der Waals surface area contributed by atoms with Crippen LogP contribution in [0.5, 0.6) is 0 Å². The van der Waals surface area contributed by atoms with E-state index in [4.69, 9.17) is 23.2 Å². The van der Waals surface area contributed by atoms with Crippen LogP contribution in [-0.2, 0) is 11.2 Å². The highest BCUT2D eigenvalue weighted by Crippen LogP contribution is 2.47. The summed E-state index contributed by atoms with van der Waals surface area (Å²) in [5.74, 6) is 0. The molecule has 0 fully saturated rings. The minimum absolute atomic E-state index is 0.716.